The molecule has 0 saturated carbocycles. The first-order valence-corrected chi connectivity index (χ1v) is 10.9. The lowest BCUT2D eigenvalue weighted by Crippen LogP contribution is -2.15. The maximum atomic E-state index is 13.0. The summed E-state index contributed by atoms with van der Waals surface area (Å²) >= 11 is 1.23. The number of ether oxygens (including phenoxy) is 5. The van der Waals surface area contributed by atoms with Gasteiger partial charge in [0, 0.05) is 16.5 Å². The van der Waals surface area contributed by atoms with Crippen molar-refractivity contribution in [1.82, 2.24) is 0 Å². The lowest BCUT2D eigenvalue weighted by atomic mass is 10.0. The van der Waals surface area contributed by atoms with Crippen LogP contribution in [-0.4, -0.2) is 46.9 Å². The SMILES string of the molecule is CCOC(=O)c1c(-c2ccc(OC)c(OC)c2)csc1NC(=O)c1ccc(OC)c(OC)c1. The predicted molar refractivity (Wildman–Crippen MR) is 126 cm³/mol. The van der Waals surface area contributed by atoms with Crippen LogP contribution in [0.5, 0.6) is 23.0 Å². The van der Waals surface area contributed by atoms with Gasteiger partial charge in [0.15, 0.2) is 23.0 Å². The lowest BCUT2D eigenvalue weighted by Gasteiger charge is -2.12. The normalized spacial score (nSPS) is 10.3. The van der Waals surface area contributed by atoms with Crippen molar-refractivity contribution >= 4 is 28.2 Å². The molecule has 1 amide bonds. The van der Waals surface area contributed by atoms with Crippen LogP contribution in [0.25, 0.3) is 11.1 Å². The third kappa shape index (κ3) is 5.04. The van der Waals surface area contributed by atoms with Crippen molar-refractivity contribution in [1.29, 1.82) is 0 Å². The van der Waals surface area contributed by atoms with E-state index < -0.39 is 11.9 Å². The summed E-state index contributed by atoms with van der Waals surface area (Å²) in [6.07, 6.45) is 0. The Labute approximate surface area is 196 Å². The number of nitrogens with one attached hydrogen (secondary N) is 1. The van der Waals surface area contributed by atoms with Gasteiger partial charge in [-0.25, -0.2) is 4.79 Å². The van der Waals surface area contributed by atoms with Gasteiger partial charge in [0.25, 0.3) is 5.91 Å². The highest BCUT2D eigenvalue weighted by Gasteiger charge is 2.24. The average Bonchev–Trinajstić information content (AvgIpc) is 3.26. The van der Waals surface area contributed by atoms with Gasteiger partial charge in [-0.15, -0.1) is 11.3 Å². The van der Waals surface area contributed by atoms with Crippen LogP contribution in [0.2, 0.25) is 0 Å². The van der Waals surface area contributed by atoms with E-state index in [-0.39, 0.29) is 12.2 Å². The fraction of sp³-hybridized carbons (Fsp3) is 0.250. The molecule has 0 saturated heterocycles. The van der Waals surface area contributed by atoms with Crippen molar-refractivity contribution in [3.05, 3.63) is 52.9 Å². The number of thiophene rings is 1. The predicted octanol–water partition coefficient (Wildman–Crippen LogP) is 4.88. The maximum Gasteiger partial charge on any atom is 0.341 e. The van der Waals surface area contributed by atoms with E-state index >= 15 is 0 Å². The summed E-state index contributed by atoms with van der Waals surface area (Å²) < 4.78 is 26.4. The molecule has 0 fully saturated rings. The standard InChI is InChI=1S/C24H25NO7S/c1-6-32-24(27)21-16(14-7-9-17(28-2)19(11-14)30-4)13-33-23(21)25-22(26)15-8-10-18(29-3)20(12-15)31-5/h7-13H,6H2,1-5H3,(H,25,26). The minimum absolute atomic E-state index is 0.198. The number of carbonyl (C=O) groups excluding carboxylic acids is 2. The molecule has 1 N–H and O–H groups in total. The van der Waals surface area contributed by atoms with Gasteiger partial charge in [-0.2, -0.15) is 0 Å². The first kappa shape index (κ1) is 23.9. The van der Waals surface area contributed by atoms with Gasteiger partial charge in [-0.3, -0.25) is 4.79 Å². The van der Waals surface area contributed by atoms with Crippen molar-refractivity contribution in [2.45, 2.75) is 6.92 Å². The van der Waals surface area contributed by atoms with Crippen molar-refractivity contribution in [3.63, 3.8) is 0 Å². The molecule has 2 aromatic carbocycles. The zero-order valence-electron chi connectivity index (χ0n) is 19.0. The largest absolute Gasteiger partial charge is 0.493 e. The van der Waals surface area contributed by atoms with E-state index in [0.29, 0.717) is 39.1 Å². The molecule has 0 aliphatic carbocycles. The Morgan fingerprint density at radius 2 is 1.45 bits per heavy atom. The molecule has 1 heterocycles. The second-order valence-corrected chi connectivity index (χ2v) is 7.55. The number of esters is 1. The maximum absolute atomic E-state index is 13.0. The number of rotatable bonds is 9. The molecule has 0 aliphatic rings. The van der Waals surface area contributed by atoms with Gasteiger partial charge in [0.2, 0.25) is 0 Å². The van der Waals surface area contributed by atoms with E-state index in [1.165, 1.54) is 32.7 Å². The van der Waals surface area contributed by atoms with Crippen molar-refractivity contribution in [2.24, 2.45) is 0 Å². The summed E-state index contributed by atoms with van der Waals surface area (Å²) in [5.41, 5.74) is 1.95. The van der Waals surface area contributed by atoms with E-state index in [0.717, 1.165) is 5.56 Å². The Morgan fingerprint density at radius 1 is 0.848 bits per heavy atom. The molecule has 0 aliphatic heterocycles. The molecular weight excluding hydrogens is 446 g/mol. The third-order valence-electron chi connectivity index (χ3n) is 4.84. The first-order valence-electron chi connectivity index (χ1n) is 10.0. The minimum Gasteiger partial charge on any atom is -0.493 e. The van der Waals surface area contributed by atoms with Gasteiger partial charge in [0.05, 0.1) is 35.0 Å². The van der Waals surface area contributed by atoms with E-state index in [9.17, 15) is 9.59 Å². The molecule has 9 heteroatoms. The van der Waals surface area contributed by atoms with Crippen LogP contribution in [0, 0.1) is 0 Å². The van der Waals surface area contributed by atoms with Crippen molar-refractivity contribution in [2.75, 3.05) is 40.4 Å². The van der Waals surface area contributed by atoms with Crippen molar-refractivity contribution in [3.8, 4) is 34.1 Å². The molecule has 3 rings (SSSR count). The number of amides is 1. The monoisotopic (exact) mass is 471 g/mol. The smallest absolute Gasteiger partial charge is 0.341 e. The number of carbonyl (C=O) groups is 2. The van der Waals surface area contributed by atoms with Crippen LogP contribution in [0.15, 0.2) is 41.8 Å². The average molecular weight is 472 g/mol. The zero-order valence-corrected chi connectivity index (χ0v) is 19.8. The van der Waals surface area contributed by atoms with Crippen molar-refractivity contribution < 1.29 is 33.3 Å². The quantitative estimate of drug-likeness (QED) is 0.445. The molecule has 3 aromatic rings. The summed E-state index contributed by atoms with van der Waals surface area (Å²) in [4.78, 5) is 25.8. The van der Waals surface area contributed by atoms with Crippen LogP contribution in [0.3, 0.4) is 0 Å². The number of anilines is 1. The Kier molecular flexibility index (Phi) is 7.78. The summed E-state index contributed by atoms with van der Waals surface area (Å²) in [6, 6.07) is 10.2. The fourth-order valence-electron chi connectivity index (χ4n) is 3.22. The topological polar surface area (TPSA) is 92.3 Å². The van der Waals surface area contributed by atoms with E-state index in [4.69, 9.17) is 23.7 Å². The number of methoxy groups -OCH3 is 4. The lowest BCUT2D eigenvalue weighted by molar-refractivity contribution is 0.0529. The molecule has 0 unspecified atom stereocenters. The second-order valence-electron chi connectivity index (χ2n) is 6.67. The van der Waals surface area contributed by atoms with Crippen LogP contribution in [0.4, 0.5) is 5.00 Å². The minimum atomic E-state index is -0.536. The van der Waals surface area contributed by atoms with E-state index in [1.54, 1.807) is 49.7 Å². The van der Waals surface area contributed by atoms with E-state index in [1.807, 2.05) is 6.07 Å². The van der Waals surface area contributed by atoms with Gasteiger partial charge in [0.1, 0.15) is 10.6 Å². The fourth-order valence-corrected chi connectivity index (χ4v) is 4.18. The molecule has 1 aromatic heterocycles. The molecule has 0 bridgehead atoms. The van der Waals surface area contributed by atoms with Crippen LogP contribution >= 0.6 is 11.3 Å². The second kappa shape index (κ2) is 10.7. The molecule has 33 heavy (non-hydrogen) atoms. The molecular formula is C24H25NO7S. The molecule has 174 valence electrons. The number of hydrogen-bond acceptors (Lipinski definition) is 8. The Balaban J connectivity index is 2.00. The van der Waals surface area contributed by atoms with Gasteiger partial charge >= 0.3 is 5.97 Å². The molecule has 8 nitrogen and oxygen atoms in total. The number of hydrogen-bond donors (Lipinski definition) is 1. The van der Waals surface area contributed by atoms with Gasteiger partial charge in [-0.05, 0) is 42.8 Å². The first-order chi connectivity index (χ1) is 16.0. The van der Waals surface area contributed by atoms with Crippen LogP contribution in [0.1, 0.15) is 27.6 Å². The Hall–Kier alpha value is -3.72. The van der Waals surface area contributed by atoms with Gasteiger partial charge < -0.3 is 29.0 Å². The molecule has 0 radical (unpaired) electrons. The third-order valence-corrected chi connectivity index (χ3v) is 5.73. The van der Waals surface area contributed by atoms with Crippen LogP contribution in [-0.2, 0) is 4.74 Å². The zero-order chi connectivity index (χ0) is 24.0. The highest BCUT2D eigenvalue weighted by molar-refractivity contribution is 7.15. The summed E-state index contributed by atoms with van der Waals surface area (Å²) in [5.74, 6) is 1.08. The summed E-state index contributed by atoms with van der Waals surface area (Å²) in [6.45, 7) is 1.92. The van der Waals surface area contributed by atoms with E-state index in [2.05, 4.69) is 5.32 Å². The van der Waals surface area contributed by atoms with Gasteiger partial charge in [-0.1, -0.05) is 6.07 Å². The summed E-state index contributed by atoms with van der Waals surface area (Å²) in [5, 5.41) is 4.99. The summed E-state index contributed by atoms with van der Waals surface area (Å²) in [7, 11) is 6.10. The highest BCUT2D eigenvalue weighted by atomic mass is 32.1. The molecule has 0 atom stereocenters. The Bertz CT molecular complexity index is 1160. The molecule has 0 spiro atoms. The highest BCUT2D eigenvalue weighted by Crippen LogP contribution is 2.40. The van der Waals surface area contributed by atoms with Crippen LogP contribution < -0.4 is 24.3 Å². The Morgan fingerprint density at radius 3 is 2.06 bits per heavy atom. The number of benzene rings is 2.